The van der Waals surface area contributed by atoms with Crippen LogP contribution in [0.5, 0.6) is 0 Å². The molecule has 2 rings (SSSR count). The standard InChI is InChI=1S/C14H18BrNO2/c1-2-12(17)9-11-5-3-4-6-13(11)16-7-8-18-14(15)10-16/h3-6,14H,2,7-10H2,1H3. The van der Waals surface area contributed by atoms with Crippen molar-refractivity contribution in [1.29, 1.82) is 0 Å². The Morgan fingerprint density at radius 1 is 1.50 bits per heavy atom. The average molecular weight is 312 g/mol. The van der Waals surface area contributed by atoms with Crippen molar-refractivity contribution >= 4 is 27.4 Å². The Morgan fingerprint density at radius 3 is 3.00 bits per heavy atom. The van der Waals surface area contributed by atoms with Crippen molar-refractivity contribution < 1.29 is 9.53 Å². The highest BCUT2D eigenvalue weighted by Crippen LogP contribution is 2.24. The molecular weight excluding hydrogens is 294 g/mol. The number of Topliss-reactive ketones (excluding diaryl/α,β-unsaturated/α-hetero) is 1. The summed E-state index contributed by atoms with van der Waals surface area (Å²) in [5, 5.41) is 0.0705. The van der Waals surface area contributed by atoms with Gasteiger partial charge < -0.3 is 9.64 Å². The fourth-order valence-electron chi connectivity index (χ4n) is 2.13. The molecule has 1 atom stereocenters. The number of rotatable bonds is 4. The fraction of sp³-hybridized carbons (Fsp3) is 0.500. The molecular formula is C14H18BrNO2. The zero-order chi connectivity index (χ0) is 13.0. The summed E-state index contributed by atoms with van der Waals surface area (Å²) in [6.07, 6.45) is 1.12. The molecule has 1 aromatic rings. The van der Waals surface area contributed by atoms with Gasteiger partial charge in [0.2, 0.25) is 0 Å². The third kappa shape index (κ3) is 3.33. The second-order valence-electron chi connectivity index (χ2n) is 4.42. The quantitative estimate of drug-likeness (QED) is 0.801. The van der Waals surface area contributed by atoms with Gasteiger partial charge >= 0.3 is 0 Å². The number of alkyl halides is 1. The number of benzene rings is 1. The van der Waals surface area contributed by atoms with Gasteiger partial charge in [0.15, 0.2) is 0 Å². The Balaban J connectivity index is 2.18. The van der Waals surface area contributed by atoms with Crippen LogP contribution in [0.4, 0.5) is 5.69 Å². The first kappa shape index (κ1) is 13.6. The summed E-state index contributed by atoms with van der Waals surface area (Å²) in [6.45, 7) is 4.32. The Morgan fingerprint density at radius 2 is 2.28 bits per heavy atom. The van der Waals surface area contributed by atoms with E-state index in [1.807, 2.05) is 25.1 Å². The number of anilines is 1. The summed E-state index contributed by atoms with van der Waals surface area (Å²) < 4.78 is 5.48. The van der Waals surface area contributed by atoms with Gasteiger partial charge in [-0.15, -0.1) is 0 Å². The van der Waals surface area contributed by atoms with Crippen molar-refractivity contribution in [2.75, 3.05) is 24.6 Å². The third-order valence-corrected chi connectivity index (χ3v) is 3.69. The van der Waals surface area contributed by atoms with E-state index in [1.54, 1.807) is 0 Å². The number of morpholine rings is 1. The second kappa shape index (κ2) is 6.34. The van der Waals surface area contributed by atoms with Crippen molar-refractivity contribution in [2.45, 2.75) is 24.8 Å². The van der Waals surface area contributed by atoms with E-state index in [2.05, 4.69) is 26.9 Å². The lowest BCUT2D eigenvalue weighted by Gasteiger charge is -2.33. The summed E-state index contributed by atoms with van der Waals surface area (Å²) in [5.74, 6) is 0.283. The minimum absolute atomic E-state index is 0.0705. The van der Waals surface area contributed by atoms with Crippen molar-refractivity contribution in [3.05, 3.63) is 29.8 Å². The van der Waals surface area contributed by atoms with E-state index in [0.29, 0.717) is 19.4 Å². The maximum Gasteiger partial charge on any atom is 0.137 e. The number of ketones is 1. The zero-order valence-corrected chi connectivity index (χ0v) is 12.1. The van der Waals surface area contributed by atoms with Gasteiger partial charge in [0, 0.05) is 25.1 Å². The predicted molar refractivity (Wildman–Crippen MR) is 76.3 cm³/mol. The van der Waals surface area contributed by atoms with Crippen LogP contribution in [0.3, 0.4) is 0 Å². The monoisotopic (exact) mass is 311 g/mol. The predicted octanol–water partition coefficient (Wildman–Crippen LogP) is 2.77. The van der Waals surface area contributed by atoms with Crippen molar-refractivity contribution in [3.8, 4) is 0 Å². The lowest BCUT2D eigenvalue weighted by atomic mass is 10.0. The van der Waals surface area contributed by atoms with Gasteiger partial charge in [0.25, 0.3) is 0 Å². The number of carbonyl (C=O) groups is 1. The molecule has 0 amide bonds. The Bertz CT molecular complexity index is 422. The van der Waals surface area contributed by atoms with Gasteiger partial charge in [0.05, 0.1) is 13.2 Å². The summed E-state index contributed by atoms with van der Waals surface area (Å²) in [4.78, 5) is 13.9. The van der Waals surface area contributed by atoms with E-state index < -0.39 is 0 Å². The van der Waals surface area contributed by atoms with Crippen LogP contribution >= 0.6 is 15.9 Å². The molecule has 0 aromatic heterocycles. The largest absolute Gasteiger partial charge is 0.365 e. The van der Waals surface area contributed by atoms with Gasteiger partial charge in [-0.05, 0) is 11.6 Å². The molecule has 3 nitrogen and oxygen atoms in total. The van der Waals surface area contributed by atoms with E-state index in [4.69, 9.17) is 4.74 Å². The van der Waals surface area contributed by atoms with Crippen LogP contribution < -0.4 is 4.90 Å². The summed E-state index contributed by atoms with van der Waals surface area (Å²) in [6, 6.07) is 8.15. The molecule has 18 heavy (non-hydrogen) atoms. The first-order valence-corrected chi connectivity index (χ1v) is 7.22. The highest BCUT2D eigenvalue weighted by Gasteiger charge is 2.20. The van der Waals surface area contributed by atoms with Crippen LogP contribution in [-0.2, 0) is 16.0 Å². The molecule has 1 aliphatic rings. The highest BCUT2D eigenvalue weighted by atomic mass is 79.9. The van der Waals surface area contributed by atoms with Gasteiger partial charge in [0.1, 0.15) is 10.8 Å². The lowest BCUT2D eigenvalue weighted by molar-refractivity contribution is -0.118. The molecule has 0 bridgehead atoms. The van der Waals surface area contributed by atoms with Crippen LogP contribution in [0.2, 0.25) is 0 Å². The molecule has 0 N–H and O–H groups in total. The number of hydrogen-bond donors (Lipinski definition) is 0. The third-order valence-electron chi connectivity index (χ3n) is 3.14. The fourth-order valence-corrected chi connectivity index (χ4v) is 2.67. The van der Waals surface area contributed by atoms with E-state index in [-0.39, 0.29) is 10.8 Å². The van der Waals surface area contributed by atoms with Crippen molar-refractivity contribution in [3.63, 3.8) is 0 Å². The molecule has 0 radical (unpaired) electrons. The van der Waals surface area contributed by atoms with Gasteiger partial charge in [-0.3, -0.25) is 4.79 Å². The van der Waals surface area contributed by atoms with Gasteiger partial charge in [-0.2, -0.15) is 0 Å². The smallest absolute Gasteiger partial charge is 0.137 e. The first-order valence-electron chi connectivity index (χ1n) is 6.31. The molecule has 1 aromatic carbocycles. The molecule has 0 spiro atoms. The van der Waals surface area contributed by atoms with Crippen LogP contribution in [0, 0.1) is 0 Å². The molecule has 1 fully saturated rings. The Labute approximate surface area is 116 Å². The van der Waals surface area contributed by atoms with E-state index in [9.17, 15) is 4.79 Å². The summed E-state index contributed by atoms with van der Waals surface area (Å²) in [7, 11) is 0. The number of halogens is 1. The van der Waals surface area contributed by atoms with Crippen molar-refractivity contribution in [1.82, 2.24) is 0 Å². The van der Waals surface area contributed by atoms with Crippen LogP contribution in [0.15, 0.2) is 24.3 Å². The molecule has 4 heteroatoms. The van der Waals surface area contributed by atoms with Gasteiger partial charge in [-0.25, -0.2) is 0 Å². The van der Waals surface area contributed by atoms with Crippen LogP contribution in [-0.4, -0.2) is 30.5 Å². The van der Waals surface area contributed by atoms with E-state index >= 15 is 0 Å². The highest BCUT2D eigenvalue weighted by molar-refractivity contribution is 9.09. The van der Waals surface area contributed by atoms with E-state index in [1.165, 1.54) is 0 Å². The van der Waals surface area contributed by atoms with Crippen LogP contribution in [0.1, 0.15) is 18.9 Å². The summed E-state index contributed by atoms with van der Waals surface area (Å²) in [5.41, 5.74) is 2.28. The van der Waals surface area contributed by atoms with Gasteiger partial charge in [-0.1, -0.05) is 41.1 Å². The molecule has 0 aliphatic carbocycles. The number of carbonyl (C=O) groups excluding carboxylic acids is 1. The average Bonchev–Trinajstić information content (AvgIpc) is 2.39. The molecule has 1 aliphatic heterocycles. The lowest BCUT2D eigenvalue weighted by Crippen LogP contribution is -2.40. The molecule has 0 saturated carbocycles. The number of hydrogen-bond acceptors (Lipinski definition) is 3. The molecule has 1 heterocycles. The molecule has 1 saturated heterocycles. The number of nitrogens with zero attached hydrogens (tertiary/aromatic N) is 1. The van der Waals surface area contributed by atoms with Crippen LogP contribution in [0.25, 0.3) is 0 Å². The molecule has 1 unspecified atom stereocenters. The first-order chi connectivity index (χ1) is 8.70. The topological polar surface area (TPSA) is 29.5 Å². The normalized spacial score (nSPS) is 19.9. The minimum Gasteiger partial charge on any atom is -0.365 e. The number of ether oxygens (including phenoxy) is 1. The Hall–Kier alpha value is -0.870. The summed E-state index contributed by atoms with van der Waals surface area (Å²) >= 11 is 3.48. The Kier molecular flexibility index (Phi) is 4.78. The van der Waals surface area contributed by atoms with E-state index in [0.717, 1.165) is 24.3 Å². The zero-order valence-electron chi connectivity index (χ0n) is 10.6. The molecule has 98 valence electrons. The second-order valence-corrected chi connectivity index (χ2v) is 5.45. The SMILES string of the molecule is CCC(=O)Cc1ccccc1N1CCOC(Br)C1. The minimum atomic E-state index is 0.0705. The maximum absolute atomic E-state index is 11.6. The number of para-hydroxylation sites is 1. The van der Waals surface area contributed by atoms with Crippen molar-refractivity contribution in [2.24, 2.45) is 0 Å². The maximum atomic E-state index is 11.6.